The average molecular weight is 406 g/mol. The third-order valence-corrected chi connectivity index (χ3v) is 5.37. The minimum Gasteiger partial charge on any atom is -0.340 e. The zero-order chi connectivity index (χ0) is 21.8. The van der Waals surface area contributed by atoms with Gasteiger partial charge in [0.1, 0.15) is 11.8 Å². The van der Waals surface area contributed by atoms with E-state index in [1.54, 1.807) is 16.8 Å². The van der Waals surface area contributed by atoms with Crippen molar-refractivity contribution in [1.82, 2.24) is 9.88 Å². The van der Waals surface area contributed by atoms with Crippen LogP contribution in [0, 0.1) is 25.2 Å². The predicted molar refractivity (Wildman–Crippen MR) is 122 cm³/mol. The molecule has 4 aromatic rings. The molecule has 0 aliphatic heterocycles. The number of carbonyl (C=O) groups excluding carboxylic acids is 1. The van der Waals surface area contributed by atoms with Gasteiger partial charge in [-0.3, -0.25) is 4.79 Å². The number of amides is 1. The Morgan fingerprint density at radius 2 is 1.52 bits per heavy atom. The molecule has 0 fully saturated rings. The van der Waals surface area contributed by atoms with Crippen molar-refractivity contribution < 1.29 is 4.79 Å². The van der Waals surface area contributed by atoms with E-state index in [1.807, 2.05) is 86.6 Å². The highest BCUT2D eigenvalue weighted by atomic mass is 16.2. The Labute approximate surface area is 182 Å². The highest BCUT2D eigenvalue weighted by molar-refractivity contribution is 5.96. The summed E-state index contributed by atoms with van der Waals surface area (Å²) in [5.41, 5.74) is 5.71. The fraction of sp³-hybridized carbons (Fsp3) is 0.111. The van der Waals surface area contributed by atoms with Crippen LogP contribution in [0.2, 0.25) is 0 Å². The lowest BCUT2D eigenvalue weighted by atomic mass is 9.98. The SMILES string of the molecule is Cc1ccc(-n2ccc(C#N)c2C(=O)NC(c2ccccc2)c2ccccc2)c(C)c1. The largest absolute Gasteiger partial charge is 0.340 e. The van der Waals surface area contributed by atoms with Gasteiger partial charge in [-0.2, -0.15) is 5.26 Å². The fourth-order valence-corrected chi connectivity index (χ4v) is 3.88. The third kappa shape index (κ3) is 4.12. The van der Waals surface area contributed by atoms with Crippen LogP contribution in [0.3, 0.4) is 0 Å². The van der Waals surface area contributed by atoms with Crippen molar-refractivity contribution in [2.75, 3.05) is 0 Å². The number of nitriles is 1. The molecular formula is C27H23N3O. The standard InChI is InChI=1S/C27H23N3O/c1-19-13-14-24(20(2)17-19)30-16-15-23(18-28)26(30)27(31)29-25(21-9-5-3-6-10-21)22-11-7-4-8-12-22/h3-17,25H,1-2H3,(H,29,31). The summed E-state index contributed by atoms with van der Waals surface area (Å²) in [6.45, 7) is 4.04. The number of benzene rings is 3. The number of nitrogens with zero attached hydrogens (tertiary/aromatic N) is 2. The van der Waals surface area contributed by atoms with E-state index in [4.69, 9.17) is 0 Å². The average Bonchev–Trinajstić information content (AvgIpc) is 3.22. The molecule has 0 aliphatic carbocycles. The molecule has 0 saturated carbocycles. The molecule has 3 aromatic carbocycles. The van der Waals surface area contributed by atoms with Gasteiger partial charge in [0.05, 0.1) is 11.6 Å². The molecule has 0 spiro atoms. The molecule has 31 heavy (non-hydrogen) atoms. The Kier molecular flexibility index (Phi) is 5.68. The number of nitrogens with one attached hydrogen (secondary N) is 1. The van der Waals surface area contributed by atoms with Gasteiger partial charge in [-0.15, -0.1) is 0 Å². The van der Waals surface area contributed by atoms with Crippen molar-refractivity contribution in [1.29, 1.82) is 5.26 Å². The second kappa shape index (κ2) is 8.73. The zero-order valence-electron chi connectivity index (χ0n) is 17.5. The van der Waals surface area contributed by atoms with Crippen molar-refractivity contribution in [3.8, 4) is 11.8 Å². The third-order valence-electron chi connectivity index (χ3n) is 5.37. The molecule has 0 atom stereocenters. The molecule has 1 amide bonds. The molecule has 1 heterocycles. The van der Waals surface area contributed by atoms with Crippen LogP contribution < -0.4 is 5.32 Å². The van der Waals surface area contributed by atoms with E-state index >= 15 is 0 Å². The van der Waals surface area contributed by atoms with Crippen LogP contribution >= 0.6 is 0 Å². The Morgan fingerprint density at radius 3 is 2.06 bits per heavy atom. The molecule has 0 unspecified atom stereocenters. The molecule has 0 aliphatic rings. The van der Waals surface area contributed by atoms with E-state index in [9.17, 15) is 10.1 Å². The summed E-state index contributed by atoms with van der Waals surface area (Å²) < 4.78 is 1.80. The molecule has 0 bridgehead atoms. The van der Waals surface area contributed by atoms with E-state index in [1.165, 1.54) is 0 Å². The van der Waals surface area contributed by atoms with Crippen molar-refractivity contribution in [2.24, 2.45) is 0 Å². The van der Waals surface area contributed by atoms with E-state index in [0.29, 0.717) is 11.3 Å². The summed E-state index contributed by atoms with van der Waals surface area (Å²) in [7, 11) is 0. The Bertz CT molecular complexity index is 1210. The molecule has 152 valence electrons. The van der Waals surface area contributed by atoms with Crippen molar-refractivity contribution in [2.45, 2.75) is 19.9 Å². The number of aryl methyl sites for hydroxylation is 2. The number of carbonyl (C=O) groups is 1. The summed E-state index contributed by atoms with van der Waals surface area (Å²) in [4.78, 5) is 13.5. The van der Waals surface area contributed by atoms with Crippen LogP contribution in [-0.4, -0.2) is 10.5 Å². The van der Waals surface area contributed by atoms with E-state index in [-0.39, 0.29) is 11.9 Å². The van der Waals surface area contributed by atoms with Crippen LogP contribution in [-0.2, 0) is 0 Å². The molecule has 0 radical (unpaired) electrons. The van der Waals surface area contributed by atoms with Gasteiger partial charge in [-0.25, -0.2) is 0 Å². The lowest BCUT2D eigenvalue weighted by Gasteiger charge is -2.21. The first kappa shape index (κ1) is 20.2. The maximum absolute atomic E-state index is 13.5. The van der Waals surface area contributed by atoms with E-state index in [0.717, 1.165) is 27.9 Å². The van der Waals surface area contributed by atoms with Crippen molar-refractivity contribution in [3.05, 3.63) is 125 Å². The molecule has 4 rings (SSSR count). The first-order valence-corrected chi connectivity index (χ1v) is 10.2. The lowest BCUT2D eigenvalue weighted by Crippen LogP contribution is -2.31. The summed E-state index contributed by atoms with van der Waals surface area (Å²) in [5.74, 6) is -0.292. The number of rotatable bonds is 5. The second-order valence-corrected chi connectivity index (χ2v) is 7.58. The first-order chi connectivity index (χ1) is 15.1. The quantitative estimate of drug-likeness (QED) is 0.478. The highest BCUT2D eigenvalue weighted by Gasteiger charge is 2.23. The Hall–Kier alpha value is -4.10. The molecule has 4 heteroatoms. The molecular weight excluding hydrogens is 382 g/mol. The maximum Gasteiger partial charge on any atom is 0.270 e. The smallest absolute Gasteiger partial charge is 0.270 e. The summed E-state index contributed by atoms with van der Waals surface area (Å²) in [6.07, 6.45) is 1.78. The highest BCUT2D eigenvalue weighted by Crippen LogP contribution is 2.25. The number of hydrogen-bond acceptors (Lipinski definition) is 2. The predicted octanol–water partition coefficient (Wildman–Crippen LogP) is 5.49. The van der Waals surface area contributed by atoms with Crippen LogP contribution in [0.1, 0.15) is 44.3 Å². The number of hydrogen-bond donors (Lipinski definition) is 1. The van der Waals surface area contributed by atoms with Gasteiger partial charge in [0.2, 0.25) is 0 Å². The van der Waals surface area contributed by atoms with Gasteiger partial charge in [-0.05, 0) is 42.7 Å². The van der Waals surface area contributed by atoms with E-state index in [2.05, 4.69) is 17.5 Å². The normalized spacial score (nSPS) is 10.6. The van der Waals surface area contributed by atoms with Crippen LogP contribution in [0.25, 0.3) is 5.69 Å². The molecule has 4 nitrogen and oxygen atoms in total. The summed E-state index contributed by atoms with van der Waals surface area (Å²) >= 11 is 0. The monoisotopic (exact) mass is 405 g/mol. The molecule has 1 aromatic heterocycles. The van der Waals surface area contributed by atoms with Gasteiger partial charge in [0.25, 0.3) is 5.91 Å². The van der Waals surface area contributed by atoms with Crippen LogP contribution in [0.15, 0.2) is 91.1 Å². The Balaban J connectivity index is 1.77. The van der Waals surface area contributed by atoms with Crippen LogP contribution in [0.5, 0.6) is 0 Å². The fourth-order valence-electron chi connectivity index (χ4n) is 3.88. The van der Waals surface area contributed by atoms with Gasteiger partial charge in [-0.1, -0.05) is 78.4 Å². The first-order valence-electron chi connectivity index (χ1n) is 10.2. The second-order valence-electron chi connectivity index (χ2n) is 7.58. The zero-order valence-corrected chi connectivity index (χ0v) is 17.5. The van der Waals surface area contributed by atoms with Crippen LogP contribution in [0.4, 0.5) is 0 Å². The maximum atomic E-state index is 13.5. The van der Waals surface area contributed by atoms with Gasteiger partial charge >= 0.3 is 0 Å². The van der Waals surface area contributed by atoms with Crippen molar-refractivity contribution >= 4 is 5.91 Å². The van der Waals surface area contributed by atoms with Gasteiger partial charge < -0.3 is 9.88 Å². The summed E-state index contributed by atoms with van der Waals surface area (Å²) in [5, 5.41) is 12.8. The van der Waals surface area contributed by atoms with Gasteiger partial charge in [0, 0.05) is 11.9 Å². The van der Waals surface area contributed by atoms with E-state index < -0.39 is 0 Å². The minimum absolute atomic E-state index is 0.292. The lowest BCUT2D eigenvalue weighted by molar-refractivity contribution is 0.0936. The number of aromatic nitrogens is 1. The minimum atomic E-state index is -0.330. The molecule has 1 N–H and O–H groups in total. The molecule has 0 saturated heterocycles. The summed E-state index contributed by atoms with van der Waals surface area (Å²) in [6, 6.07) is 29.3. The van der Waals surface area contributed by atoms with Crippen molar-refractivity contribution in [3.63, 3.8) is 0 Å². The Morgan fingerprint density at radius 1 is 0.903 bits per heavy atom. The van der Waals surface area contributed by atoms with Gasteiger partial charge in [0.15, 0.2) is 0 Å². The topological polar surface area (TPSA) is 57.8 Å².